The van der Waals surface area contributed by atoms with Gasteiger partial charge in [-0.1, -0.05) is 48.5 Å². The quantitative estimate of drug-likeness (QED) is 0.655. The van der Waals surface area contributed by atoms with Crippen LogP contribution in [-0.2, 0) is 25.7 Å². The second-order valence-electron chi connectivity index (χ2n) is 5.30. The van der Waals surface area contributed by atoms with Gasteiger partial charge in [0.15, 0.2) is 6.61 Å². The Labute approximate surface area is 151 Å². The summed E-state index contributed by atoms with van der Waals surface area (Å²) in [6, 6.07) is 18.1. The van der Waals surface area contributed by atoms with Gasteiger partial charge in [0.2, 0.25) is 5.91 Å². The molecule has 7 heteroatoms. The first kappa shape index (κ1) is 19.0. The van der Waals surface area contributed by atoms with Crippen LogP contribution in [0.2, 0.25) is 0 Å². The maximum atomic E-state index is 11.6. The first-order chi connectivity index (χ1) is 12.6. The van der Waals surface area contributed by atoms with E-state index in [9.17, 15) is 14.4 Å². The van der Waals surface area contributed by atoms with Crippen molar-refractivity contribution in [2.75, 3.05) is 19.7 Å². The van der Waals surface area contributed by atoms with Gasteiger partial charge in [0.05, 0.1) is 6.54 Å². The number of para-hydroxylation sites is 1. The van der Waals surface area contributed by atoms with Crippen molar-refractivity contribution in [3.05, 3.63) is 66.2 Å². The standard InChI is InChI=1S/C19H20N2O5/c22-17(11-20-18(23)14-25-16-9-5-2-6-10-16)21-12-19(24)26-13-15-7-3-1-4-8-15/h1-10H,11-14H2,(H,20,23)(H,21,22). The molecule has 2 aromatic carbocycles. The van der Waals surface area contributed by atoms with Crippen molar-refractivity contribution >= 4 is 17.8 Å². The zero-order valence-electron chi connectivity index (χ0n) is 14.1. The third-order valence-electron chi connectivity index (χ3n) is 3.23. The molecule has 2 rings (SSSR count). The monoisotopic (exact) mass is 356 g/mol. The molecule has 0 aromatic heterocycles. The molecule has 0 bridgehead atoms. The number of carbonyl (C=O) groups excluding carboxylic acids is 3. The number of hydrogen-bond donors (Lipinski definition) is 2. The van der Waals surface area contributed by atoms with E-state index >= 15 is 0 Å². The number of nitrogens with one attached hydrogen (secondary N) is 2. The number of rotatable bonds is 9. The highest BCUT2D eigenvalue weighted by atomic mass is 16.5. The van der Waals surface area contributed by atoms with Gasteiger partial charge in [-0.25, -0.2) is 0 Å². The fraction of sp³-hybridized carbons (Fsp3) is 0.211. The molecule has 136 valence electrons. The molecule has 0 spiro atoms. The molecular formula is C19H20N2O5. The van der Waals surface area contributed by atoms with Gasteiger partial charge in [-0.3, -0.25) is 14.4 Å². The van der Waals surface area contributed by atoms with Crippen LogP contribution in [0.25, 0.3) is 0 Å². The van der Waals surface area contributed by atoms with Gasteiger partial charge in [-0.05, 0) is 17.7 Å². The van der Waals surface area contributed by atoms with Crippen LogP contribution in [0.3, 0.4) is 0 Å². The summed E-state index contributed by atoms with van der Waals surface area (Å²) in [6.45, 7) is -0.565. The first-order valence-corrected chi connectivity index (χ1v) is 8.04. The molecule has 0 unspecified atom stereocenters. The van der Waals surface area contributed by atoms with Crippen molar-refractivity contribution in [3.63, 3.8) is 0 Å². The molecule has 2 amide bonds. The highest BCUT2D eigenvalue weighted by Gasteiger charge is 2.09. The average Bonchev–Trinajstić information content (AvgIpc) is 2.69. The molecule has 0 atom stereocenters. The Balaban J connectivity index is 1.56. The van der Waals surface area contributed by atoms with Gasteiger partial charge >= 0.3 is 5.97 Å². The predicted molar refractivity (Wildman–Crippen MR) is 94.2 cm³/mol. The Morgan fingerprint density at radius 1 is 0.769 bits per heavy atom. The Hall–Kier alpha value is -3.35. The van der Waals surface area contributed by atoms with E-state index in [0.29, 0.717) is 5.75 Å². The van der Waals surface area contributed by atoms with Gasteiger partial charge in [0.1, 0.15) is 18.9 Å². The first-order valence-electron chi connectivity index (χ1n) is 8.04. The van der Waals surface area contributed by atoms with E-state index in [1.54, 1.807) is 24.3 Å². The molecule has 26 heavy (non-hydrogen) atoms. The molecule has 0 radical (unpaired) electrons. The molecule has 0 aliphatic rings. The third-order valence-corrected chi connectivity index (χ3v) is 3.23. The molecule has 0 saturated carbocycles. The summed E-state index contributed by atoms with van der Waals surface area (Å²) in [5.41, 5.74) is 0.859. The van der Waals surface area contributed by atoms with Gasteiger partial charge in [0, 0.05) is 0 Å². The minimum absolute atomic E-state index is 0.142. The van der Waals surface area contributed by atoms with Crippen molar-refractivity contribution in [2.45, 2.75) is 6.61 Å². The Bertz CT molecular complexity index is 658. The van der Waals surface area contributed by atoms with E-state index in [4.69, 9.17) is 9.47 Å². The fourth-order valence-electron chi connectivity index (χ4n) is 1.92. The maximum Gasteiger partial charge on any atom is 0.325 e. The highest BCUT2D eigenvalue weighted by molar-refractivity contribution is 5.87. The molecule has 2 N–H and O–H groups in total. The maximum absolute atomic E-state index is 11.6. The van der Waals surface area contributed by atoms with E-state index in [-0.39, 0.29) is 26.3 Å². The lowest BCUT2D eigenvalue weighted by Crippen LogP contribution is -2.40. The summed E-state index contributed by atoms with van der Waals surface area (Å²) in [5, 5.41) is 4.79. The molecule has 0 fully saturated rings. The van der Waals surface area contributed by atoms with E-state index in [1.807, 2.05) is 36.4 Å². The summed E-state index contributed by atoms with van der Waals surface area (Å²) >= 11 is 0. The van der Waals surface area contributed by atoms with Crippen LogP contribution in [0.1, 0.15) is 5.56 Å². The Kier molecular flexibility index (Phi) is 7.67. The smallest absolute Gasteiger partial charge is 0.325 e. The van der Waals surface area contributed by atoms with Crippen LogP contribution in [0.15, 0.2) is 60.7 Å². The van der Waals surface area contributed by atoms with Crippen LogP contribution >= 0.6 is 0 Å². The molecule has 7 nitrogen and oxygen atoms in total. The van der Waals surface area contributed by atoms with Crippen molar-refractivity contribution in [1.29, 1.82) is 0 Å². The van der Waals surface area contributed by atoms with Crippen molar-refractivity contribution in [3.8, 4) is 5.75 Å². The van der Waals surface area contributed by atoms with Crippen LogP contribution in [0.4, 0.5) is 0 Å². The lowest BCUT2D eigenvalue weighted by molar-refractivity contribution is -0.145. The molecule has 0 aliphatic carbocycles. The predicted octanol–water partition coefficient (Wildman–Crippen LogP) is 1.04. The van der Waals surface area contributed by atoms with Gasteiger partial charge in [0.25, 0.3) is 5.91 Å². The summed E-state index contributed by atoms with van der Waals surface area (Å²) < 4.78 is 10.3. The van der Waals surface area contributed by atoms with Gasteiger partial charge in [-0.15, -0.1) is 0 Å². The van der Waals surface area contributed by atoms with E-state index in [0.717, 1.165) is 5.56 Å². The van der Waals surface area contributed by atoms with E-state index in [2.05, 4.69) is 10.6 Å². The Morgan fingerprint density at radius 3 is 2.08 bits per heavy atom. The molecule has 0 heterocycles. The molecular weight excluding hydrogens is 336 g/mol. The fourth-order valence-corrected chi connectivity index (χ4v) is 1.92. The van der Waals surface area contributed by atoms with E-state index in [1.165, 1.54) is 0 Å². The van der Waals surface area contributed by atoms with Crippen molar-refractivity contribution in [2.24, 2.45) is 0 Å². The lowest BCUT2D eigenvalue weighted by Gasteiger charge is -2.08. The minimum Gasteiger partial charge on any atom is -0.484 e. The number of ether oxygens (including phenoxy) is 2. The van der Waals surface area contributed by atoms with Crippen LogP contribution in [0, 0.1) is 0 Å². The number of amides is 2. The summed E-state index contributed by atoms with van der Waals surface area (Å²) in [5.74, 6) is -0.917. The van der Waals surface area contributed by atoms with Crippen molar-refractivity contribution in [1.82, 2.24) is 10.6 Å². The highest BCUT2D eigenvalue weighted by Crippen LogP contribution is 2.07. The largest absolute Gasteiger partial charge is 0.484 e. The second-order valence-corrected chi connectivity index (χ2v) is 5.30. The zero-order chi connectivity index (χ0) is 18.6. The molecule has 0 saturated heterocycles. The zero-order valence-corrected chi connectivity index (χ0v) is 14.1. The topological polar surface area (TPSA) is 93.7 Å². The van der Waals surface area contributed by atoms with Crippen LogP contribution < -0.4 is 15.4 Å². The van der Waals surface area contributed by atoms with Crippen molar-refractivity contribution < 1.29 is 23.9 Å². The summed E-state index contributed by atoms with van der Waals surface area (Å²) in [4.78, 5) is 34.8. The van der Waals surface area contributed by atoms with Crippen LogP contribution in [-0.4, -0.2) is 37.5 Å². The number of hydrogen-bond acceptors (Lipinski definition) is 5. The number of carbonyl (C=O) groups is 3. The van der Waals surface area contributed by atoms with Gasteiger partial charge in [-0.2, -0.15) is 0 Å². The lowest BCUT2D eigenvalue weighted by atomic mass is 10.2. The van der Waals surface area contributed by atoms with Crippen LogP contribution in [0.5, 0.6) is 5.75 Å². The SMILES string of the molecule is O=C(CNC(=O)COc1ccccc1)NCC(=O)OCc1ccccc1. The second kappa shape index (κ2) is 10.5. The minimum atomic E-state index is -0.555. The normalized spacial score (nSPS) is 9.85. The number of benzene rings is 2. The van der Waals surface area contributed by atoms with E-state index < -0.39 is 17.8 Å². The number of esters is 1. The summed E-state index contributed by atoms with van der Waals surface area (Å²) in [7, 11) is 0. The third kappa shape index (κ3) is 7.48. The average molecular weight is 356 g/mol. The van der Waals surface area contributed by atoms with Gasteiger partial charge < -0.3 is 20.1 Å². The summed E-state index contributed by atoms with van der Waals surface area (Å²) in [6.07, 6.45) is 0. The Morgan fingerprint density at radius 2 is 1.38 bits per heavy atom. The molecule has 2 aromatic rings. The molecule has 0 aliphatic heterocycles.